The fourth-order valence-electron chi connectivity index (χ4n) is 1.55. The Bertz CT molecular complexity index is 340. The van der Waals surface area contributed by atoms with Gasteiger partial charge in [0.25, 0.3) is 0 Å². The average Bonchev–Trinajstić information content (AvgIpc) is 2.67. The Morgan fingerprint density at radius 3 is 3.06 bits per heavy atom. The molecule has 2 N–H and O–H groups in total. The Kier molecular flexibility index (Phi) is 6.09. The molecule has 0 aromatic carbocycles. The molecule has 0 saturated heterocycles. The minimum atomic E-state index is 0.663. The Morgan fingerprint density at radius 1 is 1.62 bits per heavy atom. The first kappa shape index (κ1) is 13.2. The van der Waals surface area contributed by atoms with Gasteiger partial charge >= 0.3 is 0 Å². The van der Waals surface area contributed by atoms with Crippen LogP contribution in [-0.2, 0) is 13.0 Å². The Balaban J connectivity index is 2.52. The van der Waals surface area contributed by atoms with Crippen molar-refractivity contribution in [3.8, 4) is 12.3 Å². The van der Waals surface area contributed by atoms with Crippen LogP contribution in [0.15, 0.2) is 5.38 Å². The predicted octanol–water partition coefficient (Wildman–Crippen LogP) is 1.49. The third-order valence-electron chi connectivity index (χ3n) is 2.20. The van der Waals surface area contributed by atoms with E-state index in [1.807, 2.05) is 0 Å². The second kappa shape index (κ2) is 7.39. The minimum Gasteiger partial charge on any atom is -0.330 e. The maximum Gasteiger partial charge on any atom is 0.0941 e. The Hall–Kier alpha value is -0.890. The number of nitrogens with two attached hydrogens (primary N) is 1. The molecule has 16 heavy (non-hydrogen) atoms. The smallest absolute Gasteiger partial charge is 0.0941 e. The molecular formula is C12H19N3S. The van der Waals surface area contributed by atoms with Gasteiger partial charge in [0.1, 0.15) is 0 Å². The second-order valence-corrected chi connectivity index (χ2v) is 4.63. The van der Waals surface area contributed by atoms with E-state index in [1.54, 1.807) is 11.3 Å². The van der Waals surface area contributed by atoms with Gasteiger partial charge in [-0.1, -0.05) is 12.8 Å². The van der Waals surface area contributed by atoms with E-state index < -0.39 is 0 Å². The monoisotopic (exact) mass is 237 g/mol. The molecule has 1 rings (SSSR count). The average molecular weight is 237 g/mol. The number of aromatic nitrogens is 1. The molecule has 0 atom stereocenters. The number of thiazole rings is 1. The summed E-state index contributed by atoms with van der Waals surface area (Å²) in [5, 5.41) is 3.22. The molecule has 0 saturated carbocycles. The van der Waals surface area contributed by atoms with Gasteiger partial charge in [0.2, 0.25) is 0 Å². The first-order chi connectivity index (χ1) is 7.80. The van der Waals surface area contributed by atoms with Crippen LogP contribution in [0.25, 0.3) is 0 Å². The molecule has 0 fully saturated rings. The predicted molar refractivity (Wildman–Crippen MR) is 69.3 cm³/mol. The minimum absolute atomic E-state index is 0.663. The summed E-state index contributed by atoms with van der Waals surface area (Å²) in [5.41, 5.74) is 6.60. The van der Waals surface area contributed by atoms with E-state index in [0.29, 0.717) is 13.1 Å². The third kappa shape index (κ3) is 4.31. The molecule has 0 bridgehead atoms. The molecule has 0 unspecified atom stereocenters. The van der Waals surface area contributed by atoms with Crippen molar-refractivity contribution >= 4 is 11.3 Å². The van der Waals surface area contributed by atoms with Gasteiger partial charge in [0.05, 0.1) is 17.2 Å². The summed E-state index contributed by atoms with van der Waals surface area (Å²) >= 11 is 1.68. The molecule has 1 heterocycles. The summed E-state index contributed by atoms with van der Waals surface area (Å²) in [4.78, 5) is 6.77. The molecular weight excluding hydrogens is 218 g/mol. The van der Waals surface area contributed by atoms with E-state index in [1.165, 1.54) is 0 Å². The van der Waals surface area contributed by atoms with Crippen molar-refractivity contribution in [2.24, 2.45) is 5.73 Å². The van der Waals surface area contributed by atoms with E-state index in [2.05, 4.69) is 28.1 Å². The van der Waals surface area contributed by atoms with Crippen molar-refractivity contribution in [1.82, 2.24) is 9.88 Å². The highest BCUT2D eigenvalue weighted by atomic mass is 32.1. The van der Waals surface area contributed by atoms with Gasteiger partial charge < -0.3 is 5.73 Å². The molecule has 0 aliphatic heterocycles. The molecule has 0 spiro atoms. The maximum atomic E-state index is 5.50. The van der Waals surface area contributed by atoms with Crippen LogP contribution in [0, 0.1) is 12.3 Å². The largest absolute Gasteiger partial charge is 0.330 e. The zero-order chi connectivity index (χ0) is 11.8. The first-order valence-electron chi connectivity index (χ1n) is 5.59. The van der Waals surface area contributed by atoms with Crippen LogP contribution in [0.1, 0.15) is 24.0 Å². The van der Waals surface area contributed by atoms with Crippen LogP contribution >= 0.6 is 11.3 Å². The van der Waals surface area contributed by atoms with Crippen molar-refractivity contribution in [2.75, 3.05) is 19.6 Å². The lowest BCUT2D eigenvalue weighted by atomic mass is 10.3. The van der Waals surface area contributed by atoms with Crippen molar-refractivity contribution in [1.29, 1.82) is 0 Å². The highest BCUT2D eigenvalue weighted by Crippen LogP contribution is 2.12. The van der Waals surface area contributed by atoms with Gasteiger partial charge in [-0.2, -0.15) is 0 Å². The van der Waals surface area contributed by atoms with Crippen LogP contribution in [0.3, 0.4) is 0 Å². The number of nitrogens with zero attached hydrogens (tertiary/aromatic N) is 2. The normalized spacial score (nSPS) is 10.6. The van der Waals surface area contributed by atoms with E-state index in [4.69, 9.17) is 12.2 Å². The summed E-state index contributed by atoms with van der Waals surface area (Å²) in [6, 6.07) is 0. The first-order valence-corrected chi connectivity index (χ1v) is 6.47. The Labute approximate surface area is 102 Å². The third-order valence-corrected chi connectivity index (χ3v) is 3.16. The van der Waals surface area contributed by atoms with Crippen molar-refractivity contribution < 1.29 is 0 Å². The lowest BCUT2D eigenvalue weighted by Gasteiger charge is -2.17. The zero-order valence-electron chi connectivity index (χ0n) is 9.78. The summed E-state index contributed by atoms with van der Waals surface area (Å²) in [6.45, 7) is 5.38. The van der Waals surface area contributed by atoms with Crippen LogP contribution < -0.4 is 5.73 Å². The second-order valence-electron chi connectivity index (χ2n) is 3.69. The molecule has 88 valence electrons. The molecule has 0 radical (unpaired) electrons. The molecule has 0 aliphatic rings. The highest BCUT2D eigenvalue weighted by molar-refractivity contribution is 7.09. The molecule has 3 nitrogen and oxygen atoms in total. The van der Waals surface area contributed by atoms with Gasteiger partial charge in [-0.05, 0) is 19.5 Å². The lowest BCUT2D eigenvalue weighted by molar-refractivity contribution is 0.296. The number of rotatable bonds is 7. The van der Waals surface area contributed by atoms with Crippen molar-refractivity contribution in [2.45, 2.75) is 26.3 Å². The maximum absolute atomic E-state index is 5.50. The van der Waals surface area contributed by atoms with Gasteiger partial charge in [-0.3, -0.25) is 4.90 Å². The van der Waals surface area contributed by atoms with E-state index in [0.717, 1.165) is 36.6 Å². The van der Waals surface area contributed by atoms with Gasteiger partial charge in [-0.15, -0.1) is 17.8 Å². The van der Waals surface area contributed by atoms with Crippen LogP contribution in [-0.4, -0.2) is 29.5 Å². The van der Waals surface area contributed by atoms with Crippen molar-refractivity contribution in [3.05, 3.63) is 16.1 Å². The van der Waals surface area contributed by atoms with E-state index in [9.17, 15) is 0 Å². The fourth-order valence-corrected chi connectivity index (χ4v) is 2.35. The topological polar surface area (TPSA) is 42.1 Å². The van der Waals surface area contributed by atoms with E-state index in [-0.39, 0.29) is 0 Å². The SMILES string of the molecule is C#CCN(CCC)Cc1csc(CCN)n1. The fraction of sp³-hybridized carbons (Fsp3) is 0.583. The summed E-state index contributed by atoms with van der Waals surface area (Å²) in [6.07, 6.45) is 7.32. The molecule has 1 aromatic heterocycles. The van der Waals surface area contributed by atoms with Gasteiger partial charge in [-0.25, -0.2) is 4.98 Å². The van der Waals surface area contributed by atoms with Crippen molar-refractivity contribution in [3.63, 3.8) is 0 Å². The summed E-state index contributed by atoms with van der Waals surface area (Å²) < 4.78 is 0. The molecule has 0 aliphatic carbocycles. The quantitative estimate of drug-likeness (QED) is 0.731. The molecule has 4 heteroatoms. The van der Waals surface area contributed by atoms with E-state index >= 15 is 0 Å². The zero-order valence-corrected chi connectivity index (χ0v) is 10.6. The van der Waals surface area contributed by atoms with Crippen LogP contribution in [0.4, 0.5) is 0 Å². The van der Waals surface area contributed by atoms with Crippen LogP contribution in [0.5, 0.6) is 0 Å². The standard InChI is InChI=1S/C12H19N3S/c1-3-7-15(8-4-2)9-11-10-16-12(14-11)5-6-13/h1,10H,4-9,13H2,2H3. The van der Waals surface area contributed by atoms with Crippen LogP contribution in [0.2, 0.25) is 0 Å². The summed E-state index contributed by atoms with van der Waals surface area (Å²) in [7, 11) is 0. The number of hydrogen-bond acceptors (Lipinski definition) is 4. The highest BCUT2D eigenvalue weighted by Gasteiger charge is 2.06. The number of hydrogen-bond donors (Lipinski definition) is 1. The molecule has 1 aromatic rings. The van der Waals surface area contributed by atoms with Gasteiger partial charge in [0.15, 0.2) is 0 Å². The number of terminal acetylenes is 1. The summed E-state index contributed by atoms with van der Waals surface area (Å²) in [5.74, 6) is 2.69. The lowest BCUT2D eigenvalue weighted by Crippen LogP contribution is -2.24. The van der Waals surface area contributed by atoms with Gasteiger partial charge in [0, 0.05) is 18.3 Å². The molecule has 0 amide bonds. The Morgan fingerprint density at radius 2 is 2.44 bits per heavy atom.